The zero-order chi connectivity index (χ0) is 12.9. The van der Waals surface area contributed by atoms with E-state index in [-0.39, 0.29) is 0 Å². The molecule has 0 spiro atoms. The zero-order valence-corrected chi connectivity index (χ0v) is 9.50. The van der Waals surface area contributed by atoms with Gasteiger partial charge in [-0.1, -0.05) is 0 Å². The number of rotatable bonds is 6. The highest BCUT2D eigenvalue weighted by atomic mass is 19.1. The maximum atomic E-state index is 12.6. The van der Waals surface area contributed by atoms with Crippen LogP contribution >= 0.6 is 0 Å². The van der Waals surface area contributed by atoms with E-state index in [9.17, 15) is 18.0 Å². The summed E-state index contributed by atoms with van der Waals surface area (Å²) in [6.07, 6.45) is 5.93. The molecule has 0 fully saturated rings. The molecule has 0 saturated carbocycles. The van der Waals surface area contributed by atoms with E-state index in [1.807, 2.05) is 0 Å². The lowest BCUT2D eigenvalue weighted by atomic mass is 9.87. The molecule has 0 unspecified atom stereocenters. The molecule has 0 amide bonds. The maximum absolute atomic E-state index is 12.6. The van der Waals surface area contributed by atoms with E-state index in [2.05, 4.69) is 0 Å². The van der Waals surface area contributed by atoms with Gasteiger partial charge in [0.2, 0.25) is 0 Å². The summed E-state index contributed by atoms with van der Waals surface area (Å²) in [4.78, 5) is 11.5. The van der Waals surface area contributed by atoms with E-state index in [1.165, 1.54) is 6.08 Å². The van der Waals surface area contributed by atoms with Crippen LogP contribution in [-0.4, -0.2) is 30.4 Å². The highest BCUT2D eigenvalue weighted by molar-refractivity contribution is 5.98. The summed E-state index contributed by atoms with van der Waals surface area (Å²) in [6, 6.07) is 1.73. The van der Waals surface area contributed by atoms with Gasteiger partial charge in [0.1, 0.15) is 25.4 Å². The van der Waals surface area contributed by atoms with E-state index in [0.717, 1.165) is 6.08 Å². The first-order valence-corrected chi connectivity index (χ1v) is 5.10. The lowest BCUT2D eigenvalue weighted by Crippen LogP contribution is -2.36. The van der Waals surface area contributed by atoms with E-state index < -0.39 is 31.2 Å². The number of halogens is 3. The standard InChI is InChI=1S/C12H14F3NO/c1-16-5-4-10(6-16)2-3-11(17)12(7-13,8-14)9-15/h2-6H,7-9H2,1H3/b3-2+. The summed E-state index contributed by atoms with van der Waals surface area (Å²) in [5.41, 5.74) is -1.45. The minimum atomic E-state index is -2.16. The van der Waals surface area contributed by atoms with E-state index in [4.69, 9.17) is 0 Å². The lowest BCUT2D eigenvalue weighted by molar-refractivity contribution is -0.126. The molecule has 17 heavy (non-hydrogen) atoms. The Bertz CT molecular complexity index is 399. The van der Waals surface area contributed by atoms with Crippen molar-refractivity contribution in [3.8, 4) is 0 Å². The van der Waals surface area contributed by atoms with Crippen molar-refractivity contribution >= 4 is 11.9 Å². The van der Waals surface area contributed by atoms with Crippen molar-refractivity contribution in [2.75, 3.05) is 20.0 Å². The van der Waals surface area contributed by atoms with Crippen molar-refractivity contribution in [2.24, 2.45) is 12.5 Å². The van der Waals surface area contributed by atoms with Crippen LogP contribution in [0.4, 0.5) is 13.2 Å². The van der Waals surface area contributed by atoms with Crippen LogP contribution in [0.25, 0.3) is 6.08 Å². The van der Waals surface area contributed by atoms with Gasteiger partial charge in [0, 0.05) is 19.4 Å². The highest BCUT2D eigenvalue weighted by Crippen LogP contribution is 2.22. The van der Waals surface area contributed by atoms with Gasteiger partial charge >= 0.3 is 0 Å². The molecular formula is C12H14F3NO. The van der Waals surface area contributed by atoms with Gasteiger partial charge in [-0.25, -0.2) is 13.2 Å². The summed E-state index contributed by atoms with van der Waals surface area (Å²) in [5.74, 6) is -0.867. The molecule has 0 saturated heterocycles. The highest BCUT2D eigenvalue weighted by Gasteiger charge is 2.37. The average molecular weight is 245 g/mol. The molecule has 1 aromatic heterocycles. The molecule has 1 aromatic rings. The summed E-state index contributed by atoms with van der Waals surface area (Å²) in [6.45, 7) is -4.01. The maximum Gasteiger partial charge on any atom is 0.169 e. The molecule has 0 aliphatic rings. The molecular weight excluding hydrogens is 231 g/mol. The number of nitrogens with zero attached hydrogens (tertiary/aromatic N) is 1. The molecule has 0 atom stereocenters. The number of aryl methyl sites for hydroxylation is 1. The van der Waals surface area contributed by atoms with Crippen molar-refractivity contribution in [1.29, 1.82) is 0 Å². The van der Waals surface area contributed by atoms with Crippen molar-refractivity contribution < 1.29 is 18.0 Å². The van der Waals surface area contributed by atoms with Crippen molar-refractivity contribution in [3.05, 3.63) is 30.1 Å². The minimum absolute atomic E-state index is 0.714. The Morgan fingerprint density at radius 2 is 1.94 bits per heavy atom. The normalized spacial score (nSPS) is 12.2. The van der Waals surface area contributed by atoms with Crippen LogP contribution in [0.5, 0.6) is 0 Å². The average Bonchev–Trinajstić information content (AvgIpc) is 2.75. The topological polar surface area (TPSA) is 22.0 Å². The molecule has 0 bridgehead atoms. The third-order valence-corrected chi connectivity index (χ3v) is 2.57. The van der Waals surface area contributed by atoms with Gasteiger partial charge in [-0.05, 0) is 23.8 Å². The van der Waals surface area contributed by atoms with Gasteiger partial charge in [0.05, 0.1) is 0 Å². The lowest BCUT2D eigenvalue weighted by Gasteiger charge is -2.20. The Balaban J connectivity index is 2.80. The third-order valence-electron chi connectivity index (χ3n) is 2.57. The van der Waals surface area contributed by atoms with E-state index in [1.54, 1.807) is 30.1 Å². The van der Waals surface area contributed by atoms with Crippen LogP contribution < -0.4 is 0 Å². The Hall–Kier alpha value is -1.52. The van der Waals surface area contributed by atoms with Crippen LogP contribution in [-0.2, 0) is 11.8 Å². The monoisotopic (exact) mass is 245 g/mol. The summed E-state index contributed by atoms with van der Waals surface area (Å²) >= 11 is 0. The number of hydrogen-bond donors (Lipinski definition) is 0. The van der Waals surface area contributed by atoms with Gasteiger partial charge in [0.15, 0.2) is 5.78 Å². The summed E-state index contributed by atoms with van der Waals surface area (Å²) in [7, 11) is 1.80. The van der Waals surface area contributed by atoms with Crippen molar-refractivity contribution in [1.82, 2.24) is 4.57 Å². The number of allylic oxidation sites excluding steroid dienone is 1. The van der Waals surface area contributed by atoms with Gasteiger partial charge in [-0.15, -0.1) is 0 Å². The van der Waals surface area contributed by atoms with E-state index in [0.29, 0.717) is 5.56 Å². The van der Waals surface area contributed by atoms with Crippen LogP contribution in [0.3, 0.4) is 0 Å². The zero-order valence-electron chi connectivity index (χ0n) is 9.50. The fourth-order valence-electron chi connectivity index (χ4n) is 1.28. The van der Waals surface area contributed by atoms with Gasteiger partial charge in [0.25, 0.3) is 0 Å². The number of alkyl halides is 3. The quantitative estimate of drug-likeness (QED) is 0.706. The molecule has 0 aliphatic heterocycles. The molecule has 94 valence electrons. The van der Waals surface area contributed by atoms with E-state index >= 15 is 0 Å². The Labute approximate surface area is 97.7 Å². The first-order chi connectivity index (χ1) is 8.07. The predicted octanol–water partition coefficient (Wildman–Crippen LogP) is 2.50. The molecule has 1 rings (SSSR count). The Morgan fingerprint density at radius 1 is 1.35 bits per heavy atom. The number of hydrogen-bond acceptors (Lipinski definition) is 1. The molecule has 1 heterocycles. The molecule has 5 heteroatoms. The largest absolute Gasteiger partial charge is 0.357 e. The number of ketones is 1. The van der Waals surface area contributed by atoms with Crippen LogP contribution in [0.1, 0.15) is 5.56 Å². The number of aromatic nitrogens is 1. The molecule has 2 nitrogen and oxygen atoms in total. The fourth-order valence-corrected chi connectivity index (χ4v) is 1.28. The molecule has 0 aliphatic carbocycles. The van der Waals surface area contributed by atoms with Gasteiger partial charge in [-0.2, -0.15) is 0 Å². The molecule has 0 N–H and O–H groups in total. The predicted molar refractivity (Wildman–Crippen MR) is 59.8 cm³/mol. The Morgan fingerprint density at radius 3 is 2.35 bits per heavy atom. The number of carbonyl (C=O) groups excluding carboxylic acids is 1. The second-order valence-corrected chi connectivity index (χ2v) is 3.99. The van der Waals surface area contributed by atoms with Gasteiger partial charge < -0.3 is 4.57 Å². The second-order valence-electron chi connectivity index (χ2n) is 3.99. The van der Waals surface area contributed by atoms with Crippen molar-refractivity contribution in [2.45, 2.75) is 0 Å². The molecule has 0 aromatic carbocycles. The van der Waals surface area contributed by atoms with Crippen LogP contribution in [0, 0.1) is 5.41 Å². The first-order valence-electron chi connectivity index (χ1n) is 5.10. The SMILES string of the molecule is Cn1ccc(/C=C/C(=O)C(CF)(CF)CF)c1. The number of carbonyl (C=O) groups is 1. The minimum Gasteiger partial charge on any atom is -0.357 e. The van der Waals surface area contributed by atoms with Gasteiger partial charge in [-0.3, -0.25) is 4.79 Å². The Kier molecular flexibility index (Phi) is 4.54. The summed E-state index contributed by atoms with van der Waals surface area (Å²) in [5, 5.41) is 0. The first kappa shape index (κ1) is 13.5. The molecule has 0 radical (unpaired) electrons. The van der Waals surface area contributed by atoms with Crippen molar-refractivity contribution in [3.63, 3.8) is 0 Å². The third kappa shape index (κ3) is 2.99. The smallest absolute Gasteiger partial charge is 0.169 e. The summed E-state index contributed by atoms with van der Waals surface area (Å²) < 4.78 is 39.4. The second kappa shape index (κ2) is 5.70. The fraction of sp³-hybridized carbons (Fsp3) is 0.417. The van der Waals surface area contributed by atoms with Crippen LogP contribution in [0.2, 0.25) is 0 Å². The van der Waals surface area contributed by atoms with Crippen LogP contribution in [0.15, 0.2) is 24.5 Å².